The number of aryl methyl sites for hydroxylation is 1. The first kappa shape index (κ1) is 44.0. The number of ether oxygens (including phenoxy) is 1. The summed E-state index contributed by atoms with van der Waals surface area (Å²) in [6, 6.07) is 24.7. The zero-order valence-corrected chi connectivity index (χ0v) is 33.8. The summed E-state index contributed by atoms with van der Waals surface area (Å²) in [6.45, 7) is 5.27. The fourth-order valence-electron chi connectivity index (χ4n) is 7.82. The highest BCUT2D eigenvalue weighted by Gasteiger charge is 2.40. The number of pyridine rings is 1. The second-order valence-corrected chi connectivity index (χ2v) is 16.6. The largest absolute Gasteiger partial charge is 0.481 e. The summed E-state index contributed by atoms with van der Waals surface area (Å²) in [4.78, 5) is 42.7. The molecule has 3 aromatic carbocycles. The Morgan fingerprint density at radius 1 is 0.879 bits per heavy atom. The van der Waals surface area contributed by atoms with E-state index in [9.17, 15) is 34.8 Å². The molecule has 0 radical (unpaired) electrons. The Labute approximate surface area is 341 Å². The Morgan fingerprint density at radius 2 is 1.62 bits per heavy atom. The molecule has 4 aromatic rings. The topological polar surface area (TPSA) is 178 Å². The van der Waals surface area contributed by atoms with Gasteiger partial charge in [0.1, 0.15) is 5.60 Å². The van der Waals surface area contributed by atoms with Crippen LogP contribution in [0, 0.1) is 17.8 Å². The van der Waals surface area contributed by atoms with E-state index in [2.05, 4.69) is 15.6 Å². The molecule has 0 bridgehead atoms. The first-order valence-electron chi connectivity index (χ1n) is 20.4. The highest BCUT2D eigenvalue weighted by atomic mass is 16.6. The number of rotatable bonds is 19. The van der Waals surface area contributed by atoms with Crippen LogP contribution >= 0.6 is 0 Å². The fourth-order valence-corrected chi connectivity index (χ4v) is 7.82. The predicted octanol–water partition coefficient (Wildman–Crippen LogP) is 7.58. The summed E-state index contributed by atoms with van der Waals surface area (Å²) in [6.07, 6.45) is 9.73. The first-order chi connectivity index (χ1) is 27.8. The molecule has 3 unspecified atom stereocenters. The number of alkyl carbamates (subject to hydrolysis) is 1. The van der Waals surface area contributed by atoms with Crippen molar-refractivity contribution in [3.63, 3.8) is 0 Å². The lowest BCUT2D eigenvalue weighted by Crippen LogP contribution is -2.37. The third-order valence-electron chi connectivity index (χ3n) is 11.0. The van der Waals surface area contributed by atoms with Crippen LogP contribution < -0.4 is 10.6 Å². The summed E-state index contributed by atoms with van der Waals surface area (Å²) < 4.78 is 5.40. The number of aliphatic hydroxyl groups excluding tert-OH is 3. The van der Waals surface area contributed by atoms with Crippen molar-refractivity contribution in [2.75, 3.05) is 11.9 Å². The van der Waals surface area contributed by atoms with Gasteiger partial charge in [0.15, 0.2) is 0 Å². The number of hydrogen-bond acceptors (Lipinski definition) is 8. The van der Waals surface area contributed by atoms with Gasteiger partial charge in [-0.1, -0.05) is 72.8 Å². The van der Waals surface area contributed by atoms with Gasteiger partial charge in [-0.15, -0.1) is 0 Å². The van der Waals surface area contributed by atoms with Gasteiger partial charge in [0.05, 0.1) is 30.1 Å². The summed E-state index contributed by atoms with van der Waals surface area (Å²) in [5.41, 5.74) is 2.52. The summed E-state index contributed by atoms with van der Waals surface area (Å²) >= 11 is 0. The van der Waals surface area contributed by atoms with Gasteiger partial charge in [0, 0.05) is 30.0 Å². The number of anilines is 1. The minimum absolute atomic E-state index is 0.0179. The van der Waals surface area contributed by atoms with E-state index in [4.69, 9.17) is 4.74 Å². The number of fused-ring (bicyclic) bond motifs is 1. The Kier molecular flexibility index (Phi) is 16.0. The minimum Gasteiger partial charge on any atom is -0.481 e. The molecule has 1 saturated carbocycles. The van der Waals surface area contributed by atoms with Crippen LogP contribution in [0.1, 0.15) is 88.3 Å². The average Bonchev–Trinajstić information content (AvgIpc) is 3.46. The van der Waals surface area contributed by atoms with Crippen molar-refractivity contribution in [2.45, 2.75) is 108 Å². The number of allylic oxidation sites excluding steroid dienone is 2. The fraction of sp³-hybridized carbons (Fsp3) is 0.447. The summed E-state index contributed by atoms with van der Waals surface area (Å²) in [5.74, 6) is -2.88. The normalized spacial score (nSPS) is 19.8. The van der Waals surface area contributed by atoms with Crippen molar-refractivity contribution in [2.24, 2.45) is 17.8 Å². The Morgan fingerprint density at radius 3 is 2.34 bits per heavy atom. The van der Waals surface area contributed by atoms with Crippen molar-refractivity contribution >= 4 is 34.4 Å². The van der Waals surface area contributed by atoms with E-state index >= 15 is 0 Å². The average molecular weight is 794 g/mol. The monoisotopic (exact) mass is 793 g/mol. The number of nitrogens with one attached hydrogen (secondary N) is 2. The van der Waals surface area contributed by atoms with E-state index in [1.165, 1.54) is 5.56 Å². The van der Waals surface area contributed by atoms with Gasteiger partial charge in [-0.2, -0.15) is 0 Å². The van der Waals surface area contributed by atoms with Crippen LogP contribution in [-0.4, -0.2) is 73.8 Å². The van der Waals surface area contributed by atoms with Crippen molar-refractivity contribution < 1.29 is 39.5 Å². The standard InChI is InChI=1S/C47H59N3O8/c1-47(2,3)58-46(57)49-30-41(44(54)50-37-20-19-36-29-48-25-24-34(36)27-37)33-17-14-32(15-18-33)26-35(45(55)56)12-8-5-9-13-39-40(43(53)28-42(39)52)23-22-38(51)21-16-31-10-6-4-7-11-31/h4-7,9-11,14-15,17-20,24-25,27,29,35,38-43,51-53H,8,12-13,16,21-23,26,28,30H2,1-3H3,(H,49,57)(H,50,54)(H,55,56)/b9-5-/t35?,38?,39-,40-,41?,42+,43-/m1/s1. The Hall–Kier alpha value is -5.10. The molecule has 11 nitrogen and oxygen atoms in total. The number of aromatic nitrogens is 1. The highest BCUT2D eigenvalue weighted by molar-refractivity contribution is 5.98. The second-order valence-electron chi connectivity index (χ2n) is 16.6. The lowest BCUT2D eigenvalue weighted by atomic mass is 9.85. The number of carbonyl (C=O) groups excluding carboxylic acids is 2. The van der Waals surface area contributed by atoms with Gasteiger partial charge in [-0.25, -0.2) is 4.79 Å². The number of hydrogen-bond donors (Lipinski definition) is 6. The number of carboxylic acid groups (broad SMARTS) is 1. The first-order valence-corrected chi connectivity index (χ1v) is 20.4. The van der Waals surface area contributed by atoms with Crippen LogP contribution in [0.4, 0.5) is 10.5 Å². The van der Waals surface area contributed by atoms with Gasteiger partial charge in [-0.3, -0.25) is 14.6 Å². The number of carboxylic acids is 1. The molecule has 0 spiro atoms. The molecule has 0 aliphatic heterocycles. The third kappa shape index (κ3) is 13.5. The second kappa shape index (κ2) is 21.1. The van der Waals surface area contributed by atoms with Crippen LogP contribution in [0.15, 0.2) is 103 Å². The predicted molar refractivity (Wildman–Crippen MR) is 225 cm³/mol. The maximum Gasteiger partial charge on any atom is 0.407 e. The van der Waals surface area contributed by atoms with E-state index in [1.54, 1.807) is 51.4 Å². The number of benzene rings is 3. The Balaban J connectivity index is 1.14. The summed E-state index contributed by atoms with van der Waals surface area (Å²) in [7, 11) is 0. The maximum atomic E-state index is 13.7. The maximum absolute atomic E-state index is 13.7. The quantitative estimate of drug-likeness (QED) is 0.0522. The molecule has 7 atom stereocenters. The van der Waals surface area contributed by atoms with Crippen molar-refractivity contribution in [1.29, 1.82) is 0 Å². The molecule has 11 heteroatoms. The van der Waals surface area contributed by atoms with Gasteiger partial charge < -0.3 is 35.8 Å². The molecule has 2 amide bonds. The molecule has 6 N–H and O–H groups in total. The van der Waals surface area contributed by atoms with E-state index < -0.39 is 47.8 Å². The van der Waals surface area contributed by atoms with Gasteiger partial charge in [-0.05, 0) is 131 Å². The van der Waals surface area contributed by atoms with Crippen LogP contribution in [0.5, 0.6) is 0 Å². The number of aliphatic hydroxyl groups is 3. The van der Waals surface area contributed by atoms with Crippen LogP contribution in [0.25, 0.3) is 10.8 Å². The van der Waals surface area contributed by atoms with E-state index in [0.717, 1.165) is 22.8 Å². The van der Waals surface area contributed by atoms with Crippen LogP contribution in [0.2, 0.25) is 0 Å². The Bertz CT molecular complexity index is 1960. The lowest BCUT2D eigenvalue weighted by molar-refractivity contribution is -0.141. The number of nitrogens with zero attached hydrogens (tertiary/aromatic N) is 1. The molecule has 58 heavy (non-hydrogen) atoms. The summed E-state index contributed by atoms with van der Waals surface area (Å²) in [5, 5.41) is 49.7. The zero-order valence-electron chi connectivity index (χ0n) is 33.8. The number of aliphatic carboxylic acids is 1. The van der Waals surface area contributed by atoms with Crippen LogP contribution in [0.3, 0.4) is 0 Å². The minimum atomic E-state index is -0.900. The molecule has 1 aliphatic rings. The molecular formula is C47H59N3O8. The van der Waals surface area contributed by atoms with Crippen LogP contribution in [-0.2, 0) is 27.2 Å². The molecule has 1 heterocycles. The molecule has 1 aromatic heterocycles. The molecule has 310 valence electrons. The molecule has 1 aliphatic carbocycles. The lowest BCUT2D eigenvalue weighted by Gasteiger charge is -2.23. The molecule has 1 fully saturated rings. The van der Waals surface area contributed by atoms with Gasteiger partial charge in [0.2, 0.25) is 5.91 Å². The molecule has 0 saturated heterocycles. The van der Waals surface area contributed by atoms with Gasteiger partial charge in [0.25, 0.3) is 0 Å². The van der Waals surface area contributed by atoms with Gasteiger partial charge >= 0.3 is 12.1 Å². The third-order valence-corrected chi connectivity index (χ3v) is 11.0. The van der Waals surface area contributed by atoms with Crippen molar-refractivity contribution in [3.05, 3.63) is 120 Å². The van der Waals surface area contributed by atoms with Crippen molar-refractivity contribution in [1.82, 2.24) is 10.3 Å². The van der Waals surface area contributed by atoms with E-state index in [-0.39, 0.29) is 24.3 Å². The zero-order chi connectivity index (χ0) is 41.7. The molecular weight excluding hydrogens is 735 g/mol. The van der Waals surface area contributed by atoms with E-state index in [0.29, 0.717) is 62.6 Å². The van der Waals surface area contributed by atoms with Crippen molar-refractivity contribution in [3.8, 4) is 0 Å². The molecule has 5 rings (SSSR count). The number of amides is 2. The highest BCUT2D eigenvalue weighted by Crippen LogP contribution is 2.38. The smallest absolute Gasteiger partial charge is 0.407 e. The van der Waals surface area contributed by atoms with E-state index in [1.807, 2.05) is 72.8 Å². The SMILES string of the molecule is CC(C)(C)OC(=O)NCC(C(=O)Nc1ccc2cnccc2c1)c1ccc(CC(CC/C=C\C[C@@H]2[C@@H](CCC(O)CCc3ccccc3)[C@H](O)C[C@@H]2O)C(=O)O)cc1. The number of carbonyl (C=O) groups is 3.